The minimum Gasteiger partial charge on any atom is -0.411 e. The monoisotopic (exact) mass is 140 g/mol. The standard InChI is InChI=1S/C6H5FN2O/c7-6-3-5(4-9-10)1-2-8-6/h1-4,10H/b9-4-. The molecule has 0 amide bonds. The van der Waals surface area contributed by atoms with Crippen LogP contribution >= 0.6 is 0 Å². The lowest BCUT2D eigenvalue weighted by Gasteiger charge is -1.88. The van der Waals surface area contributed by atoms with E-state index in [2.05, 4.69) is 10.1 Å². The van der Waals surface area contributed by atoms with Gasteiger partial charge in [-0.25, -0.2) is 4.98 Å². The molecule has 1 aromatic rings. The van der Waals surface area contributed by atoms with E-state index in [1.165, 1.54) is 18.3 Å². The van der Waals surface area contributed by atoms with Gasteiger partial charge < -0.3 is 5.21 Å². The maximum absolute atomic E-state index is 12.2. The second-order valence-corrected chi connectivity index (χ2v) is 1.66. The minimum atomic E-state index is -0.586. The Hall–Kier alpha value is -1.45. The minimum absolute atomic E-state index is 0.481. The maximum atomic E-state index is 12.2. The van der Waals surface area contributed by atoms with Gasteiger partial charge in [0.2, 0.25) is 5.95 Å². The predicted molar refractivity (Wildman–Crippen MR) is 33.6 cm³/mol. The molecule has 4 heteroatoms. The van der Waals surface area contributed by atoms with Crippen molar-refractivity contribution in [2.75, 3.05) is 0 Å². The number of hydrogen-bond donors (Lipinski definition) is 1. The van der Waals surface area contributed by atoms with Crippen molar-refractivity contribution in [3.05, 3.63) is 29.8 Å². The average molecular weight is 140 g/mol. The number of pyridine rings is 1. The molecule has 0 aliphatic heterocycles. The molecule has 0 fully saturated rings. The Morgan fingerprint density at radius 1 is 1.70 bits per heavy atom. The first-order chi connectivity index (χ1) is 4.83. The molecular formula is C6H5FN2O. The normalized spacial score (nSPS) is 10.5. The third kappa shape index (κ3) is 1.51. The van der Waals surface area contributed by atoms with Crippen LogP contribution in [0.3, 0.4) is 0 Å². The number of nitrogens with zero attached hydrogens (tertiary/aromatic N) is 2. The molecule has 0 saturated heterocycles. The van der Waals surface area contributed by atoms with Crippen molar-refractivity contribution in [3.8, 4) is 0 Å². The highest BCUT2D eigenvalue weighted by Gasteiger charge is 1.90. The molecule has 1 rings (SSSR count). The zero-order chi connectivity index (χ0) is 7.40. The first kappa shape index (κ1) is 6.67. The fourth-order valence-corrected chi connectivity index (χ4v) is 0.564. The van der Waals surface area contributed by atoms with Crippen molar-refractivity contribution in [1.82, 2.24) is 4.98 Å². The van der Waals surface area contributed by atoms with Crippen molar-refractivity contribution in [2.45, 2.75) is 0 Å². The van der Waals surface area contributed by atoms with Gasteiger partial charge in [-0.15, -0.1) is 0 Å². The van der Waals surface area contributed by atoms with E-state index in [-0.39, 0.29) is 0 Å². The molecule has 52 valence electrons. The van der Waals surface area contributed by atoms with Crippen molar-refractivity contribution in [2.24, 2.45) is 5.16 Å². The third-order valence-electron chi connectivity index (χ3n) is 0.957. The van der Waals surface area contributed by atoms with E-state index < -0.39 is 5.95 Å². The molecular weight excluding hydrogens is 135 g/mol. The van der Waals surface area contributed by atoms with Crippen LogP contribution in [0.1, 0.15) is 5.56 Å². The highest BCUT2D eigenvalue weighted by Crippen LogP contribution is 1.95. The summed E-state index contributed by atoms with van der Waals surface area (Å²) < 4.78 is 12.2. The summed E-state index contributed by atoms with van der Waals surface area (Å²) in [5, 5.41) is 10.8. The van der Waals surface area contributed by atoms with Gasteiger partial charge in [0, 0.05) is 17.8 Å². The van der Waals surface area contributed by atoms with Gasteiger partial charge in [0.25, 0.3) is 0 Å². The van der Waals surface area contributed by atoms with Crippen molar-refractivity contribution in [1.29, 1.82) is 0 Å². The maximum Gasteiger partial charge on any atom is 0.213 e. The molecule has 3 nitrogen and oxygen atoms in total. The first-order valence-corrected chi connectivity index (χ1v) is 2.62. The van der Waals surface area contributed by atoms with Gasteiger partial charge in [0.05, 0.1) is 6.21 Å². The lowest BCUT2D eigenvalue weighted by Crippen LogP contribution is -1.85. The number of rotatable bonds is 1. The topological polar surface area (TPSA) is 45.5 Å². The van der Waals surface area contributed by atoms with Crippen molar-refractivity contribution >= 4 is 6.21 Å². The Morgan fingerprint density at radius 3 is 3.10 bits per heavy atom. The summed E-state index contributed by atoms with van der Waals surface area (Å²) in [5.41, 5.74) is 0.481. The van der Waals surface area contributed by atoms with Gasteiger partial charge in [-0.1, -0.05) is 5.16 Å². The van der Waals surface area contributed by atoms with Crippen LogP contribution in [0.5, 0.6) is 0 Å². The van der Waals surface area contributed by atoms with E-state index in [4.69, 9.17) is 5.21 Å². The molecule has 0 aliphatic rings. The Labute approximate surface area is 56.8 Å². The van der Waals surface area contributed by atoms with Gasteiger partial charge in [-0.2, -0.15) is 4.39 Å². The summed E-state index contributed by atoms with van der Waals surface area (Å²) in [4.78, 5) is 3.31. The molecule has 10 heavy (non-hydrogen) atoms. The molecule has 1 N–H and O–H groups in total. The summed E-state index contributed by atoms with van der Waals surface area (Å²) in [5.74, 6) is -0.586. The van der Waals surface area contributed by atoms with E-state index in [0.29, 0.717) is 5.56 Å². The largest absolute Gasteiger partial charge is 0.411 e. The zero-order valence-corrected chi connectivity index (χ0v) is 5.03. The number of hydrogen-bond acceptors (Lipinski definition) is 3. The zero-order valence-electron chi connectivity index (χ0n) is 5.03. The Bertz CT molecular complexity index is 249. The fourth-order valence-electron chi connectivity index (χ4n) is 0.564. The lowest BCUT2D eigenvalue weighted by atomic mass is 10.3. The Morgan fingerprint density at radius 2 is 2.50 bits per heavy atom. The average Bonchev–Trinajstić information content (AvgIpc) is 1.88. The fraction of sp³-hybridized carbons (Fsp3) is 0. The summed E-state index contributed by atoms with van der Waals surface area (Å²) in [6.45, 7) is 0. The number of aromatic nitrogens is 1. The third-order valence-corrected chi connectivity index (χ3v) is 0.957. The predicted octanol–water partition coefficient (Wildman–Crippen LogP) is 1.03. The van der Waals surface area contributed by atoms with Crippen molar-refractivity contribution in [3.63, 3.8) is 0 Å². The van der Waals surface area contributed by atoms with E-state index in [0.717, 1.165) is 6.21 Å². The first-order valence-electron chi connectivity index (χ1n) is 2.62. The molecule has 1 heterocycles. The molecule has 0 aliphatic carbocycles. The SMILES string of the molecule is O/N=C\c1ccnc(F)c1. The Balaban J connectivity index is 2.95. The molecule has 0 unspecified atom stereocenters. The molecule has 0 radical (unpaired) electrons. The van der Waals surface area contributed by atoms with Crippen LogP contribution in [0, 0.1) is 5.95 Å². The quantitative estimate of drug-likeness (QED) is 0.274. The van der Waals surface area contributed by atoms with Crippen LogP contribution in [0.25, 0.3) is 0 Å². The highest BCUT2D eigenvalue weighted by molar-refractivity contribution is 5.78. The van der Waals surface area contributed by atoms with E-state index in [9.17, 15) is 4.39 Å². The van der Waals surface area contributed by atoms with Crippen molar-refractivity contribution < 1.29 is 9.60 Å². The molecule has 0 bridgehead atoms. The smallest absolute Gasteiger partial charge is 0.213 e. The van der Waals surface area contributed by atoms with Crippen LogP contribution in [-0.2, 0) is 0 Å². The van der Waals surface area contributed by atoms with Gasteiger partial charge in [-0.3, -0.25) is 0 Å². The summed E-state index contributed by atoms with van der Waals surface area (Å²) >= 11 is 0. The number of oxime groups is 1. The second-order valence-electron chi connectivity index (χ2n) is 1.66. The molecule has 1 aromatic heterocycles. The van der Waals surface area contributed by atoms with E-state index in [1.807, 2.05) is 0 Å². The Kier molecular flexibility index (Phi) is 1.94. The van der Waals surface area contributed by atoms with E-state index in [1.54, 1.807) is 0 Å². The number of halogens is 1. The van der Waals surface area contributed by atoms with Crippen LogP contribution in [-0.4, -0.2) is 16.4 Å². The lowest BCUT2D eigenvalue weighted by molar-refractivity contribution is 0.322. The molecule has 0 spiro atoms. The second kappa shape index (κ2) is 2.91. The molecule has 0 saturated carbocycles. The van der Waals surface area contributed by atoms with E-state index >= 15 is 0 Å². The highest BCUT2D eigenvalue weighted by atomic mass is 19.1. The van der Waals surface area contributed by atoms with Gasteiger partial charge in [0.15, 0.2) is 0 Å². The van der Waals surface area contributed by atoms with Crippen LogP contribution in [0.4, 0.5) is 4.39 Å². The van der Waals surface area contributed by atoms with Gasteiger partial charge >= 0.3 is 0 Å². The summed E-state index contributed by atoms with van der Waals surface area (Å²) in [6.07, 6.45) is 2.43. The van der Waals surface area contributed by atoms with Crippen LogP contribution < -0.4 is 0 Å². The molecule has 0 atom stereocenters. The summed E-state index contributed by atoms with van der Waals surface area (Å²) in [7, 11) is 0. The van der Waals surface area contributed by atoms with Crippen LogP contribution in [0.15, 0.2) is 23.5 Å². The summed E-state index contributed by atoms with van der Waals surface area (Å²) in [6, 6.07) is 2.70. The van der Waals surface area contributed by atoms with Crippen LogP contribution in [0.2, 0.25) is 0 Å². The molecule has 0 aromatic carbocycles. The van der Waals surface area contributed by atoms with Gasteiger partial charge in [-0.05, 0) is 6.07 Å². The van der Waals surface area contributed by atoms with Gasteiger partial charge in [0.1, 0.15) is 0 Å².